The van der Waals surface area contributed by atoms with Crippen LogP contribution in [0.5, 0.6) is 0 Å². The van der Waals surface area contributed by atoms with Gasteiger partial charge in [-0.2, -0.15) is 0 Å². The Morgan fingerprint density at radius 3 is 2.67 bits per heavy atom. The molecule has 0 spiro atoms. The Kier molecular flexibility index (Phi) is 3.64. The predicted octanol–water partition coefficient (Wildman–Crippen LogP) is 2.33. The van der Waals surface area contributed by atoms with Gasteiger partial charge in [-0.3, -0.25) is 0 Å². The van der Waals surface area contributed by atoms with E-state index in [1.54, 1.807) is 6.21 Å². The molecule has 0 radical (unpaired) electrons. The van der Waals surface area contributed by atoms with E-state index >= 15 is 0 Å². The van der Waals surface area contributed by atoms with Gasteiger partial charge in [0.2, 0.25) is 0 Å². The Morgan fingerprint density at radius 2 is 2.00 bits per heavy atom. The Morgan fingerprint density at radius 1 is 1.25 bits per heavy atom. The minimum absolute atomic E-state index is 1.15. The van der Waals surface area contributed by atoms with Crippen LogP contribution >= 0.6 is 0 Å². The second-order valence-corrected chi connectivity index (χ2v) is 2.21. The van der Waals surface area contributed by atoms with Gasteiger partial charge in [0.1, 0.15) is 7.11 Å². The molecule has 0 heterocycles. The van der Waals surface area contributed by atoms with Crippen molar-refractivity contribution < 1.29 is 4.84 Å². The average Bonchev–Trinajstić information content (AvgIpc) is 2.14. The number of hydrogen-bond donors (Lipinski definition) is 0. The van der Waals surface area contributed by atoms with Crippen molar-refractivity contribution in [1.82, 2.24) is 0 Å². The van der Waals surface area contributed by atoms with E-state index in [0.717, 1.165) is 5.56 Å². The molecule has 62 valence electrons. The van der Waals surface area contributed by atoms with Gasteiger partial charge in [0.25, 0.3) is 0 Å². The molecule has 0 amide bonds. The van der Waals surface area contributed by atoms with Crippen LogP contribution < -0.4 is 0 Å². The SMILES string of the molecule is CON=CC=Cc1ccccc1. The molecular weight excluding hydrogens is 150 g/mol. The maximum atomic E-state index is 4.50. The molecule has 1 rings (SSSR count). The zero-order chi connectivity index (χ0) is 8.65. The molecule has 0 aromatic heterocycles. The van der Waals surface area contributed by atoms with Crippen LogP contribution in [0.2, 0.25) is 0 Å². The van der Waals surface area contributed by atoms with Crippen LogP contribution in [0.3, 0.4) is 0 Å². The zero-order valence-corrected chi connectivity index (χ0v) is 6.97. The minimum atomic E-state index is 1.15. The molecule has 0 fully saturated rings. The van der Waals surface area contributed by atoms with Crippen molar-refractivity contribution in [3.8, 4) is 0 Å². The molecule has 1 aromatic carbocycles. The van der Waals surface area contributed by atoms with E-state index in [2.05, 4.69) is 9.99 Å². The quantitative estimate of drug-likeness (QED) is 0.492. The molecule has 0 N–H and O–H groups in total. The lowest BCUT2D eigenvalue weighted by Crippen LogP contribution is -1.71. The molecule has 2 nitrogen and oxygen atoms in total. The monoisotopic (exact) mass is 161 g/mol. The van der Waals surface area contributed by atoms with Gasteiger partial charge in [-0.1, -0.05) is 41.6 Å². The van der Waals surface area contributed by atoms with Crippen LogP contribution in [0.15, 0.2) is 41.6 Å². The van der Waals surface area contributed by atoms with Gasteiger partial charge in [0.05, 0.1) is 6.21 Å². The summed E-state index contributed by atoms with van der Waals surface area (Å²) in [5.74, 6) is 0. The fraction of sp³-hybridized carbons (Fsp3) is 0.100. The third-order valence-corrected chi connectivity index (χ3v) is 1.34. The number of allylic oxidation sites excluding steroid dienone is 1. The molecule has 2 heteroatoms. The Balaban J connectivity index is 2.52. The van der Waals surface area contributed by atoms with Crippen LogP contribution in [-0.2, 0) is 4.84 Å². The van der Waals surface area contributed by atoms with E-state index in [9.17, 15) is 0 Å². The first-order chi connectivity index (χ1) is 5.93. The summed E-state index contributed by atoms with van der Waals surface area (Å²) in [7, 11) is 1.52. The minimum Gasteiger partial charge on any atom is -0.399 e. The van der Waals surface area contributed by atoms with Gasteiger partial charge >= 0.3 is 0 Å². The molecule has 0 bridgehead atoms. The van der Waals surface area contributed by atoms with Crippen molar-refractivity contribution in [3.05, 3.63) is 42.0 Å². The molecule has 0 aliphatic heterocycles. The fourth-order valence-corrected chi connectivity index (χ4v) is 0.814. The lowest BCUT2D eigenvalue weighted by Gasteiger charge is -1.87. The van der Waals surface area contributed by atoms with Crippen molar-refractivity contribution in [2.75, 3.05) is 7.11 Å². The highest BCUT2D eigenvalue weighted by molar-refractivity contribution is 5.77. The van der Waals surface area contributed by atoms with Crippen LogP contribution in [-0.4, -0.2) is 13.3 Å². The molecule has 0 aliphatic carbocycles. The normalized spacial score (nSPS) is 11.1. The highest BCUT2D eigenvalue weighted by Crippen LogP contribution is 1.99. The Labute approximate surface area is 72.2 Å². The van der Waals surface area contributed by atoms with E-state index < -0.39 is 0 Å². The summed E-state index contributed by atoms with van der Waals surface area (Å²) >= 11 is 0. The van der Waals surface area contributed by atoms with E-state index in [0.29, 0.717) is 0 Å². The molecule has 0 unspecified atom stereocenters. The van der Waals surface area contributed by atoms with E-state index in [4.69, 9.17) is 0 Å². The van der Waals surface area contributed by atoms with Crippen molar-refractivity contribution in [2.45, 2.75) is 0 Å². The van der Waals surface area contributed by atoms with Crippen molar-refractivity contribution in [3.63, 3.8) is 0 Å². The molecule has 0 atom stereocenters. The summed E-state index contributed by atoms with van der Waals surface area (Å²) in [5, 5.41) is 3.58. The van der Waals surface area contributed by atoms with Crippen molar-refractivity contribution in [1.29, 1.82) is 0 Å². The number of nitrogens with zero attached hydrogens (tertiary/aromatic N) is 1. The lowest BCUT2D eigenvalue weighted by molar-refractivity contribution is 0.215. The van der Waals surface area contributed by atoms with Gasteiger partial charge in [-0.25, -0.2) is 0 Å². The van der Waals surface area contributed by atoms with E-state index in [-0.39, 0.29) is 0 Å². The summed E-state index contributed by atoms with van der Waals surface area (Å²) in [6.45, 7) is 0. The second-order valence-electron chi connectivity index (χ2n) is 2.21. The van der Waals surface area contributed by atoms with E-state index in [1.807, 2.05) is 42.5 Å². The number of benzene rings is 1. The summed E-state index contributed by atoms with van der Waals surface area (Å²) in [4.78, 5) is 4.50. The van der Waals surface area contributed by atoms with Crippen molar-refractivity contribution in [2.24, 2.45) is 5.16 Å². The number of rotatable bonds is 3. The average molecular weight is 161 g/mol. The Bertz CT molecular complexity index is 264. The first kappa shape index (κ1) is 8.53. The maximum absolute atomic E-state index is 4.50. The molecular formula is C10H11NO. The number of oxime groups is 1. The van der Waals surface area contributed by atoms with Crippen LogP contribution in [0.1, 0.15) is 5.56 Å². The first-order valence-electron chi connectivity index (χ1n) is 3.72. The maximum Gasteiger partial charge on any atom is 0.106 e. The second kappa shape index (κ2) is 5.13. The molecule has 0 saturated heterocycles. The molecule has 0 saturated carbocycles. The van der Waals surface area contributed by atoms with Crippen molar-refractivity contribution >= 4 is 12.3 Å². The predicted molar refractivity (Wildman–Crippen MR) is 51.0 cm³/mol. The highest BCUT2D eigenvalue weighted by atomic mass is 16.6. The highest BCUT2D eigenvalue weighted by Gasteiger charge is 1.79. The van der Waals surface area contributed by atoms with Gasteiger partial charge in [0.15, 0.2) is 0 Å². The number of hydrogen-bond acceptors (Lipinski definition) is 2. The third kappa shape index (κ3) is 3.01. The zero-order valence-electron chi connectivity index (χ0n) is 6.97. The summed E-state index contributed by atoms with van der Waals surface area (Å²) in [6, 6.07) is 10.0. The van der Waals surface area contributed by atoms with Crippen LogP contribution in [0.4, 0.5) is 0 Å². The summed E-state index contributed by atoms with van der Waals surface area (Å²) in [6.07, 6.45) is 5.40. The van der Waals surface area contributed by atoms with Gasteiger partial charge in [-0.15, -0.1) is 0 Å². The van der Waals surface area contributed by atoms with Crippen LogP contribution in [0, 0.1) is 0 Å². The molecule has 0 aliphatic rings. The smallest absolute Gasteiger partial charge is 0.106 e. The van der Waals surface area contributed by atoms with Gasteiger partial charge < -0.3 is 4.84 Å². The molecule has 12 heavy (non-hydrogen) atoms. The van der Waals surface area contributed by atoms with E-state index in [1.165, 1.54) is 7.11 Å². The Hall–Kier alpha value is -1.57. The summed E-state index contributed by atoms with van der Waals surface area (Å²) in [5.41, 5.74) is 1.15. The van der Waals surface area contributed by atoms with Gasteiger partial charge in [-0.05, 0) is 11.6 Å². The fourth-order valence-electron chi connectivity index (χ4n) is 0.814. The van der Waals surface area contributed by atoms with Crippen LogP contribution in [0.25, 0.3) is 6.08 Å². The lowest BCUT2D eigenvalue weighted by atomic mass is 10.2. The third-order valence-electron chi connectivity index (χ3n) is 1.34. The summed E-state index contributed by atoms with van der Waals surface area (Å²) < 4.78 is 0. The first-order valence-corrected chi connectivity index (χ1v) is 3.72. The largest absolute Gasteiger partial charge is 0.399 e. The van der Waals surface area contributed by atoms with Gasteiger partial charge in [0, 0.05) is 0 Å². The standard InChI is InChI=1S/C10H11NO/c1-12-11-9-5-8-10-6-3-2-4-7-10/h2-9H,1H3. The molecule has 1 aromatic rings. The topological polar surface area (TPSA) is 21.6 Å².